The van der Waals surface area contributed by atoms with Crippen LogP contribution in [0.2, 0.25) is 0 Å². The molecule has 0 atom stereocenters. The van der Waals surface area contributed by atoms with Crippen molar-refractivity contribution in [1.82, 2.24) is 4.98 Å². The average molecular weight is 229 g/mol. The monoisotopic (exact) mass is 229 g/mol. The summed E-state index contributed by atoms with van der Waals surface area (Å²) in [6.45, 7) is 0. The fourth-order valence-electron chi connectivity index (χ4n) is 1.70. The maximum atomic E-state index is 5.27. The number of rotatable bonds is 4. The summed E-state index contributed by atoms with van der Waals surface area (Å²) in [5.74, 6) is 6.36. The molecule has 3 N–H and O–H groups in total. The van der Waals surface area contributed by atoms with Crippen molar-refractivity contribution in [2.24, 2.45) is 5.84 Å². The predicted octanol–water partition coefficient (Wildman–Crippen LogP) is 2.60. The van der Waals surface area contributed by atoms with Gasteiger partial charge in [0.25, 0.3) is 0 Å². The van der Waals surface area contributed by atoms with Crippen LogP contribution in [0.3, 0.4) is 0 Å². The first kappa shape index (κ1) is 10.3. The van der Waals surface area contributed by atoms with E-state index in [1.165, 1.54) is 30.6 Å². The molecule has 0 unspecified atom stereocenters. The standard InChI is InChI=1S/C9H15N3S2/c10-12-9-11-5-8(14-9)6-13-7-3-1-2-4-7/h5,7H,1-4,6,10H2,(H,11,12). The van der Waals surface area contributed by atoms with Crippen molar-refractivity contribution in [1.29, 1.82) is 0 Å². The molecule has 1 aliphatic carbocycles. The summed E-state index contributed by atoms with van der Waals surface area (Å²) in [5.41, 5.74) is 2.57. The summed E-state index contributed by atoms with van der Waals surface area (Å²) >= 11 is 3.71. The van der Waals surface area contributed by atoms with E-state index in [-0.39, 0.29) is 0 Å². The van der Waals surface area contributed by atoms with Gasteiger partial charge in [-0.15, -0.1) is 11.3 Å². The lowest BCUT2D eigenvalue weighted by molar-refractivity contribution is 0.886. The molecular weight excluding hydrogens is 214 g/mol. The Kier molecular flexibility index (Phi) is 3.67. The van der Waals surface area contributed by atoms with Gasteiger partial charge in [0.05, 0.1) is 0 Å². The molecule has 0 aliphatic heterocycles. The fraction of sp³-hybridized carbons (Fsp3) is 0.667. The third-order valence-corrected chi connectivity index (χ3v) is 4.97. The van der Waals surface area contributed by atoms with Gasteiger partial charge in [-0.3, -0.25) is 5.43 Å². The van der Waals surface area contributed by atoms with E-state index in [1.807, 2.05) is 6.20 Å². The number of thiazole rings is 1. The third-order valence-electron chi connectivity index (χ3n) is 2.44. The van der Waals surface area contributed by atoms with Crippen molar-refractivity contribution >= 4 is 28.2 Å². The van der Waals surface area contributed by atoms with E-state index in [0.29, 0.717) is 0 Å². The van der Waals surface area contributed by atoms with E-state index < -0.39 is 0 Å². The van der Waals surface area contributed by atoms with Gasteiger partial charge in [0.1, 0.15) is 0 Å². The lowest BCUT2D eigenvalue weighted by Crippen LogP contribution is -2.05. The first-order chi connectivity index (χ1) is 6.88. The third kappa shape index (κ3) is 2.62. The number of nitrogens with one attached hydrogen (secondary N) is 1. The highest BCUT2D eigenvalue weighted by molar-refractivity contribution is 7.99. The Bertz CT molecular complexity index is 281. The summed E-state index contributed by atoms with van der Waals surface area (Å²) in [6, 6.07) is 0. The molecule has 1 fully saturated rings. The van der Waals surface area contributed by atoms with Crippen LogP contribution in [0.5, 0.6) is 0 Å². The minimum Gasteiger partial charge on any atom is -0.300 e. The van der Waals surface area contributed by atoms with Crippen molar-refractivity contribution in [3.63, 3.8) is 0 Å². The Morgan fingerprint density at radius 1 is 1.57 bits per heavy atom. The van der Waals surface area contributed by atoms with E-state index in [1.54, 1.807) is 11.3 Å². The zero-order chi connectivity index (χ0) is 9.80. The molecule has 14 heavy (non-hydrogen) atoms. The molecule has 2 rings (SSSR count). The second kappa shape index (κ2) is 5.00. The summed E-state index contributed by atoms with van der Waals surface area (Å²) < 4.78 is 0. The summed E-state index contributed by atoms with van der Waals surface area (Å²) in [7, 11) is 0. The van der Waals surface area contributed by atoms with Crippen LogP contribution in [0.4, 0.5) is 5.13 Å². The molecule has 1 aromatic heterocycles. The molecule has 1 aliphatic rings. The largest absolute Gasteiger partial charge is 0.300 e. The van der Waals surface area contributed by atoms with Gasteiger partial charge in [-0.05, 0) is 12.8 Å². The smallest absolute Gasteiger partial charge is 0.197 e. The van der Waals surface area contributed by atoms with Crippen molar-refractivity contribution in [2.75, 3.05) is 5.43 Å². The average Bonchev–Trinajstić information content (AvgIpc) is 2.86. The van der Waals surface area contributed by atoms with Gasteiger partial charge in [0, 0.05) is 22.1 Å². The van der Waals surface area contributed by atoms with Crippen LogP contribution in [0, 0.1) is 0 Å². The van der Waals surface area contributed by atoms with Crippen molar-refractivity contribution < 1.29 is 0 Å². The van der Waals surface area contributed by atoms with E-state index >= 15 is 0 Å². The first-order valence-corrected chi connectivity index (χ1v) is 6.78. The lowest BCUT2D eigenvalue weighted by Gasteiger charge is -2.05. The number of aromatic nitrogens is 1. The zero-order valence-electron chi connectivity index (χ0n) is 8.03. The van der Waals surface area contributed by atoms with Crippen LogP contribution in [0.25, 0.3) is 0 Å². The molecule has 0 bridgehead atoms. The Balaban J connectivity index is 1.79. The topological polar surface area (TPSA) is 50.9 Å². The van der Waals surface area contributed by atoms with Gasteiger partial charge in [-0.1, -0.05) is 12.8 Å². The zero-order valence-corrected chi connectivity index (χ0v) is 9.66. The van der Waals surface area contributed by atoms with Crippen LogP contribution in [0.15, 0.2) is 6.20 Å². The van der Waals surface area contributed by atoms with Gasteiger partial charge < -0.3 is 0 Å². The van der Waals surface area contributed by atoms with Crippen LogP contribution in [-0.4, -0.2) is 10.2 Å². The summed E-state index contributed by atoms with van der Waals surface area (Å²) in [4.78, 5) is 5.46. The molecule has 0 saturated heterocycles. The highest BCUT2D eigenvalue weighted by Gasteiger charge is 2.15. The van der Waals surface area contributed by atoms with Gasteiger partial charge in [0.2, 0.25) is 0 Å². The SMILES string of the molecule is NNc1ncc(CSC2CCCC2)s1. The van der Waals surface area contributed by atoms with E-state index in [0.717, 1.165) is 16.1 Å². The Labute approximate surface area is 92.5 Å². The van der Waals surface area contributed by atoms with Gasteiger partial charge in [-0.25, -0.2) is 10.8 Å². The van der Waals surface area contributed by atoms with Crippen LogP contribution < -0.4 is 11.3 Å². The molecule has 1 saturated carbocycles. The number of nitrogens with zero attached hydrogens (tertiary/aromatic N) is 1. The Morgan fingerprint density at radius 3 is 3.00 bits per heavy atom. The van der Waals surface area contributed by atoms with Crippen LogP contribution in [-0.2, 0) is 5.75 Å². The summed E-state index contributed by atoms with van der Waals surface area (Å²) in [6.07, 6.45) is 7.53. The number of nitrogen functional groups attached to an aromatic ring is 1. The van der Waals surface area contributed by atoms with Crippen molar-refractivity contribution in [3.8, 4) is 0 Å². The van der Waals surface area contributed by atoms with Crippen molar-refractivity contribution in [2.45, 2.75) is 36.7 Å². The molecule has 78 valence electrons. The maximum absolute atomic E-state index is 5.27. The Morgan fingerprint density at radius 2 is 2.36 bits per heavy atom. The van der Waals surface area contributed by atoms with Gasteiger partial charge >= 0.3 is 0 Å². The lowest BCUT2D eigenvalue weighted by atomic mass is 10.4. The normalized spacial score (nSPS) is 17.5. The number of anilines is 1. The number of nitrogens with two attached hydrogens (primary N) is 1. The molecule has 0 spiro atoms. The van der Waals surface area contributed by atoms with E-state index in [2.05, 4.69) is 22.2 Å². The number of hydrogen-bond acceptors (Lipinski definition) is 5. The van der Waals surface area contributed by atoms with E-state index in [9.17, 15) is 0 Å². The Hall–Kier alpha value is -0.260. The molecular formula is C9H15N3S2. The molecule has 0 radical (unpaired) electrons. The minimum absolute atomic E-state index is 0.812. The maximum Gasteiger partial charge on any atom is 0.197 e. The molecule has 5 heteroatoms. The van der Waals surface area contributed by atoms with Crippen LogP contribution >= 0.6 is 23.1 Å². The number of thioether (sulfide) groups is 1. The highest BCUT2D eigenvalue weighted by Crippen LogP contribution is 2.33. The molecule has 1 aromatic rings. The second-order valence-corrected chi connectivity index (χ2v) is 5.90. The van der Waals surface area contributed by atoms with Crippen LogP contribution in [0.1, 0.15) is 30.6 Å². The molecule has 0 aromatic carbocycles. The van der Waals surface area contributed by atoms with Gasteiger partial charge in [0.15, 0.2) is 5.13 Å². The van der Waals surface area contributed by atoms with Crippen molar-refractivity contribution in [3.05, 3.63) is 11.1 Å². The number of hydrazine groups is 1. The quantitative estimate of drug-likeness (QED) is 0.615. The molecule has 1 heterocycles. The summed E-state index contributed by atoms with van der Waals surface area (Å²) in [5, 5.41) is 1.69. The first-order valence-electron chi connectivity index (χ1n) is 4.91. The highest BCUT2D eigenvalue weighted by atomic mass is 32.2. The number of hydrogen-bond donors (Lipinski definition) is 2. The predicted molar refractivity (Wildman–Crippen MR) is 63.5 cm³/mol. The van der Waals surface area contributed by atoms with Gasteiger partial charge in [-0.2, -0.15) is 11.8 Å². The molecule has 0 amide bonds. The van der Waals surface area contributed by atoms with E-state index in [4.69, 9.17) is 5.84 Å². The second-order valence-electron chi connectivity index (χ2n) is 3.49. The fourth-order valence-corrected chi connectivity index (χ4v) is 3.80. The molecule has 3 nitrogen and oxygen atoms in total. The minimum atomic E-state index is 0.812.